The van der Waals surface area contributed by atoms with Crippen LogP contribution < -0.4 is 5.73 Å². The summed E-state index contributed by atoms with van der Waals surface area (Å²) in [6.45, 7) is 2.10. The molecule has 2 aromatic rings. The van der Waals surface area contributed by atoms with Crippen LogP contribution in [0.2, 0.25) is 0 Å². The van der Waals surface area contributed by atoms with Gasteiger partial charge >= 0.3 is 0 Å². The molecule has 2 N–H and O–H groups in total. The highest BCUT2D eigenvalue weighted by Crippen LogP contribution is 2.33. The summed E-state index contributed by atoms with van der Waals surface area (Å²) in [6.07, 6.45) is 6.13. The van der Waals surface area contributed by atoms with Crippen molar-refractivity contribution in [1.82, 2.24) is 10.1 Å². The summed E-state index contributed by atoms with van der Waals surface area (Å²) in [7, 11) is 0. The van der Waals surface area contributed by atoms with Crippen molar-refractivity contribution in [2.45, 2.75) is 51.0 Å². The molecular formula is C16H21N3O. The SMILES string of the molecule is Cc1ccccc1Cc1noc(C2(N)CCCCC2)n1. The summed E-state index contributed by atoms with van der Waals surface area (Å²) in [5.41, 5.74) is 8.49. The van der Waals surface area contributed by atoms with Crippen LogP contribution in [0.15, 0.2) is 28.8 Å². The van der Waals surface area contributed by atoms with E-state index >= 15 is 0 Å². The van der Waals surface area contributed by atoms with Crippen molar-refractivity contribution in [3.63, 3.8) is 0 Å². The van der Waals surface area contributed by atoms with E-state index in [1.165, 1.54) is 17.5 Å². The van der Waals surface area contributed by atoms with Crippen molar-refractivity contribution in [3.05, 3.63) is 47.1 Å². The van der Waals surface area contributed by atoms with Gasteiger partial charge in [-0.2, -0.15) is 4.98 Å². The van der Waals surface area contributed by atoms with E-state index in [0.717, 1.165) is 31.5 Å². The average molecular weight is 271 g/mol. The number of benzene rings is 1. The predicted molar refractivity (Wildman–Crippen MR) is 77.2 cm³/mol. The zero-order chi connectivity index (χ0) is 14.0. The van der Waals surface area contributed by atoms with Crippen molar-refractivity contribution < 1.29 is 4.52 Å². The fourth-order valence-electron chi connectivity index (χ4n) is 2.90. The van der Waals surface area contributed by atoms with Gasteiger partial charge in [-0.25, -0.2) is 0 Å². The maximum absolute atomic E-state index is 6.42. The maximum Gasteiger partial charge on any atom is 0.246 e. The molecular weight excluding hydrogens is 250 g/mol. The van der Waals surface area contributed by atoms with Gasteiger partial charge in [0, 0.05) is 6.42 Å². The Morgan fingerprint density at radius 1 is 1.20 bits per heavy atom. The Hall–Kier alpha value is -1.68. The zero-order valence-corrected chi connectivity index (χ0v) is 11.9. The number of aryl methyl sites for hydroxylation is 1. The van der Waals surface area contributed by atoms with E-state index < -0.39 is 5.54 Å². The number of nitrogens with zero attached hydrogens (tertiary/aromatic N) is 2. The van der Waals surface area contributed by atoms with E-state index in [9.17, 15) is 0 Å². The highest BCUT2D eigenvalue weighted by atomic mass is 16.5. The first-order valence-electron chi connectivity index (χ1n) is 7.34. The van der Waals surface area contributed by atoms with Gasteiger partial charge in [-0.05, 0) is 30.9 Å². The molecule has 4 heteroatoms. The summed E-state index contributed by atoms with van der Waals surface area (Å²) >= 11 is 0. The molecule has 1 saturated carbocycles. The van der Waals surface area contributed by atoms with Crippen molar-refractivity contribution in [3.8, 4) is 0 Å². The fraction of sp³-hybridized carbons (Fsp3) is 0.500. The lowest BCUT2D eigenvalue weighted by molar-refractivity contribution is 0.219. The molecule has 3 rings (SSSR count). The maximum atomic E-state index is 6.42. The van der Waals surface area contributed by atoms with Crippen LogP contribution in [0.1, 0.15) is 54.9 Å². The monoisotopic (exact) mass is 271 g/mol. The average Bonchev–Trinajstić information content (AvgIpc) is 2.92. The Morgan fingerprint density at radius 3 is 2.70 bits per heavy atom. The molecule has 1 aliphatic rings. The minimum absolute atomic E-state index is 0.408. The van der Waals surface area contributed by atoms with E-state index in [0.29, 0.717) is 12.3 Å². The van der Waals surface area contributed by atoms with E-state index in [2.05, 4.69) is 29.2 Å². The molecule has 0 aliphatic heterocycles. The standard InChI is InChI=1S/C16H21N3O/c1-12-7-3-4-8-13(12)11-14-18-15(20-19-14)16(17)9-5-2-6-10-16/h3-4,7-8H,2,5-6,9-11,17H2,1H3. The third-order valence-electron chi connectivity index (χ3n) is 4.25. The predicted octanol–water partition coefficient (Wildman–Crippen LogP) is 3.09. The Kier molecular flexibility index (Phi) is 3.57. The molecule has 0 atom stereocenters. The lowest BCUT2D eigenvalue weighted by atomic mass is 9.82. The van der Waals surface area contributed by atoms with Crippen LogP contribution in [0.5, 0.6) is 0 Å². The largest absolute Gasteiger partial charge is 0.337 e. The molecule has 106 valence electrons. The topological polar surface area (TPSA) is 64.9 Å². The number of aromatic nitrogens is 2. The molecule has 1 aromatic carbocycles. The molecule has 0 spiro atoms. The number of hydrogen-bond donors (Lipinski definition) is 1. The number of hydrogen-bond acceptors (Lipinski definition) is 4. The quantitative estimate of drug-likeness (QED) is 0.931. The third kappa shape index (κ3) is 2.61. The summed E-state index contributed by atoms with van der Waals surface area (Å²) in [6, 6.07) is 8.28. The van der Waals surface area contributed by atoms with Crippen molar-refractivity contribution in [2.75, 3.05) is 0 Å². The van der Waals surface area contributed by atoms with Gasteiger partial charge in [0.2, 0.25) is 5.89 Å². The normalized spacial score (nSPS) is 18.1. The minimum Gasteiger partial charge on any atom is -0.337 e. The van der Waals surface area contributed by atoms with E-state index in [1.54, 1.807) is 0 Å². The number of rotatable bonds is 3. The molecule has 1 fully saturated rings. The zero-order valence-electron chi connectivity index (χ0n) is 11.9. The molecule has 4 nitrogen and oxygen atoms in total. The first kappa shape index (κ1) is 13.3. The summed E-state index contributed by atoms with van der Waals surface area (Å²) < 4.78 is 5.43. The van der Waals surface area contributed by atoms with Crippen LogP contribution in [0.3, 0.4) is 0 Å². The van der Waals surface area contributed by atoms with Gasteiger partial charge in [-0.3, -0.25) is 0 Å². The summed E-state index contributed by atoms with van der Waals surface area (Å²) in [4.78, 5) is 4.54. The first-order valence-corrected chi connectivity index (χ1v) is 7.34. The smallest absolute Gasteiger partial charge is 0.246 e. The van der Waals surface area contributed by atoms with Gasteiger partial charge in [-0.15, -0.1) is 0 Å². The highest BCUT2D eigenvalue weighted by molar-refractivity contribution is 5.28. The van der Waals surface area contributed by atoms with Gasteiger partial charge in [0.25, 0.3) is 0 Å². The molecule has 0 bridgehead atoms. The summed E-state index contributed by atoms with van der Waals surface area (Å²) in [5.74, 6) is 1.34. The Balaban J connectivity index is 1.78. The second kappa shape index (κ2) is 5.37. The van der Waals surface area contributed by atoms with E-state index in [4.69, 9.17) is 10.3 Å². The molecule has 20 heavy (non-hydrogen) atoms. The third-order valence-corrected chi connectivity index (χ3v) is 4.25. The number of nitrogens with two attached hydrogens (primary N) is 1. The molecule has 1 heterocycles. The van der Waals surface area contributed by atoms with Crippen molar-refractivity contribution in [2.24, 2.45) is 5.73 Å². The van der Waals surface area contributed by atoms with Gasteiger partial charge < -0.3 is 10.3 Å². The second-order valence-corrected chi connectivity index (χ2v) is 5.84. The van der Waals surface area contributed by atoms with Gasteiger partial charge in [-0.1, -0.05) is 48.7 Å². The molecule has 0 radical (unpaired) electrons. The molecule has 0 amide bonds. The van der Waals surface area contributed by atoms with Crippen LogP contribution >= 0.6 is 0 Å². The van der Waals surface area contributed by atoms with Gasteiger partial charge in [0.15, 0.2) is 5.82 Å². The Labute approximate surface area is 119 Å². The molecule has 1 aromatic heterocycles. The van der Waals surface area contributed by atoms with Gasteiger partial charge in [0.05, 0.1) is 5.54 Å². The molecule has 0 saturated heterocycles. The Bertz CT molecular complexity index is 585. The van der Waals surface area contributed by atoms with E-state index in [-0.39, 0.29) is 0 Å². The lowest BCUT2D eigenvalue weighted by Gasteiger charge is -2.29. The van der Waals surface area contributed by atoms with Crippen LogP contribution in [0.25, 0.3) is 0 Å². The van der Waals surface area contributed by atoms with Crippen LogP contribution in [-0.2, 0) is 12.0 Å². The van der Waals surface area contributed by atoms with Crippen LogP contribution in [0, 0.1) is 6.92 Å². The summed E-state index contributed by atoms with van der Waals surface area (Å²) in [5, 5.41) is 4.11. The van der Waals surface area contributed by atoms with Crippen molar-refractivity contribution >= 4 is 0 Å². The van der Waals surface area contributed by atoms with Crippen LogP contribution in [-0.4, -0.2) is 10.1 Å². The molecule has 0 unspecified atom stereocenters. The lowest BCUT2D eigenvalue weighted by Crippen LogP contribution is -2.39. The Morgan fingerprint density at radius 2 is 1.95 bits per heavy atom. The van der Waals surface area contributed by atoms with Crippen molar-refractivity contribution in [1.29, 1.82) is 0 Å². The molecule has 1 aliphatic carbocycles. The van der Waals surface area contributed by atoms with Gasteiger partial charge in [0.1, 0.15) is 0 Å². The first-order chi connectivity index (χ1) is 9.67. The second-order valence-electron chi connectivity index (χ2n) is 5.84. The van der Waals surface area contributed by atoms with E-state index in [1.807, 2.05) is 12.1 Å². The minimum atomic E-state index is -0.408. The fourth-order valence-corrected chi connectivity index (χ4v) is 2.90. The van der Waals surface area contributed by atoms with Crippen LogP contribution in [0.4, 0.5) is 0 Å². The highest BCUT2D eigenvalue weighted by Gasteiger charge is 2.35.